The van der Waals surface area contributed by atoms with Crippen LogP contribution in [0.3, 0.4) is 0 Å². The van der Waals surface area contributed by atoms with E-state index in [-0.39, 0.29) is 24.1 Å². The van der Waals surface area contributed by atoms with Crippen molar-refractivity contribution >= 4 is 33.4 Å². The number of nitrogens with one attached hydrogen (secondary N) is 1. The number of amides is 2. The van der Waals surface area contributed by atoms with E-state index in [1.54, 1.807) is 21.8 Å². The highest BCUT2D eigenvalue weighted by molar-refractivity contribution is 9.10. The molecule has 0 spiro atoms. The molecule has 0 saturated heterocycles. The van der Waals surface area contributed by atoms with Crippen LogP contribution >= 0.6 is 15.9 Å². The largest absolute Gasteiger partial charge is 0.342 e. The van der Waals surface area contributed by atoms with Crippen LogP contribution in [0.5, 0.6) is 0 Å². The van der Waals surface area contributed by atoms with Gasteiger partial charge in [0.15, 0.2) is 5.69 Å². The third kappa shape index (κ3) is 3.64. The maximum Gasteiger partial charge on any atom is 0.272 e. The molecule has 1 N–H and O–H groups in total. The quantitative estimate of drug-likeness (QED) is 0.699. The van der Waals surface area contributed by atoms with Crippen LogP contribution in [0.15, 0.2) is 65.3 Å². The van der Waals surface area contributed by atoms with Crippen LogP contribution in [0, 0.1) is 0 Å². The molecule has 0 fully saturated rings. The number of hydrogen-bond acceptors (Lipinski definition) is 3. The number of halogens is 1. The molecule has 2 heterocycles. The first-order chi connectivity index (χ1) is 13.1. The molecular weight excluding hydrogens is 408 g/mol. The molecule has 0 saturated carbocycles. The predicted molar refractivity (Wildman–Crippen MR) is 106 cm³/mol. The molecule has 1 aromatic heterocycles. The number of para-hydroxylation sites is 1. The molecule has 2 aromatic carbocycles. The summed E-state index contributed by atoms with van der Waals surface area (Å²) >= 11 is 3.42. The van der Waals surface area contributed by atoms with Gasteiger partial charge < -0.3 is 10.2 Å². The molecule has 7 heteroatoms. The Kier molecular flexibility index (Phi) is 4.77. The highest BCUT2D eigenvalue weighted by Gasteiger charge is 2.24. The molecule has 0 radical (unpaired) electrons. The van der Waals surface area contributed by atoms with Crippen LogP contribution in [0.4, 0.5) is 5.69 Å². The number of anilines is 1. The van der Waals surface area contributed by atoms with Gasteiger partial charge >= 0.3 is 0 Å². The lowest BCUT2D eigenvalue weighted by atomic mass is 10.2. The second-order valence-corrected chi connectivity index (χ2v) is 7.15. The number of rotatable bonds is 4. The van der Waals surface area contributed by atoms with Crippen molar-refractivity contribution in [1.29, 1.82) is 0 Å². The van der Waals surface area contributed by atoms with Gasteiger partial charge in [0.25, 0.3) is 5.91 Å². The molecule has 1 aliphatic heterocycles. The molecular formula is C20H17BrN4O2. The lowest BCUT2D eigenvalue weighted by molar-refractivity contribution is -0.117. The predicted octanol–water partition coefficient (Wildman–Crippen LogP) is 2.95. The van der Waals surface area contributed by atoms with Crippen LogP contribution in [-0.2, 0) is 11.2 Å². The topological polar surface area (TPSA) is 67.2 Å². The number of carbonyl (C=O) groups is 2. The Morgan fingerprint density at radius 1 is 1.11 bits per heavy atom. The summed E-state index contributed by atoms with van der Waals surface area (Å²) in [6, 6.07) is 17.1. The summed E-state index contributed by atoms with van der Waals surface area (Å²) in [6.45, 7) is 0.586. The normalized spacial score (nSPS) is 12.7. The van der Waals surface area contributed by atoms with Gasteiger partial charge in [-0.15, -0.1) is 0 Å². The first-order valence-corrected chi connectivity index (χ1v) is 9.39. The Morgan fingerprint density at radius 2 is 1.96 bits per heavy atom. The fraction of sp³-hybridized carbons (Fsp3) is 0.150. The first-order valence-electron chi connectivity index (χ1n) is 8.60. The van der Waals surface area contributed by atoms with Crippen molar-refractivity contribution < 1.29 is 9.59 Å². The monoisotopic (exact) mass is 424 g/mol. The Bertz CT molecular complexity index is 1010. The summed E-state index contributed by atoms with van der Waals surface area (Å²) in [5, 5.41) is 6.96. The van der Waals surface area contributed by atoms with E-state index in [1.165, 1.54) is 0 Å². The fourth-order valence-corrected chi connectivity index (χ4v) is 3.53. The number of aromatic nitrogens is 2. The minimum absolute atomic E-state index is 0.0586. The van der Waals surface area contributed by atoms with E-state index in [9.17, 15) is 9.59 Å². The van der Waals surface area contributed by atoms with Gasteiger partial charge in [-0.25, -0.2) is 4.68 Å². The summed E-state index contributed by atoms with van der Waals surface area (Å²) in [7, 11) is 0. The molecule has 6 nitrogen and oxygen atoms in total. The Balaban J connectivity index is 1.40. The molecule has 27 heavy (non-hydrogen) atoms. The standard InChI is InChI=1S/C20H17BrN4O2/c21-15-5-3-6-16(12-15)25-11-9-17(23-25)20(27)22-13-19(26)24-10-8-14-4-1-2-7-18(14)24/h1-7,9,11-12H,8,10,13H2,(H,22,27). The molecule has 1 aliphatic rings. The molecule has 0 bridgehead atoms. The highest BCUT2D eigenvalue weighted by Crippen LogP contribution is 2.27. The number of hydrogen-bond donors (Lipinski definition) is 1. The van der Waals surface area contributed by atoms with E-state index in [4.69, 9.17) is 0 Å². The van der Waals surface area contributed by atoms with Gasteiger partial charge in [0.1, 0.15) is 0 Å². The van der Waals surface area contributed by atoms with Crippen molar-refractivity contribution in [3.63, 3.8) is 0 Å². The summed E-state index contributed by atoms with van der Waals surface area (Å²) in [5.41, 5.74) is 3.19. The van der Waals surface area contributed by atoms with Crippen LogP contribution in [0.25, 0.3) is 5.69 Å². The van der Waals surface area contributed by atoms with Gasteiger partial charge in [0.05, 0.1) is 12.2 Å². The molecule has 136 valence electrons. The van der Waals surface area contributed by atoms with Crippen molar-refractivity contribution in [2.24, 2.45) is 0 Å². The van der Waals surface area contributed by atoms with Crippen molar-refractivity contribution in [1.82, 2.24) is 15.1 Å². The van der Waals surface area contributed by atoms with Crippen LogP contribution < -0.4 is 10.2 Å². The van der Waals surface area contributed by atoms with Gasteiger partial charge in [-0.1, -0.05) is 40.2 Å². The van der Waals surface area contributed by atoms with E-state index >= 15 is 0 Å². The van der Waals surface area contributed by atoms with Crippen molar-refractivity contribution in [2.45, 2.75) is 6.42 Å². The molecule has 3 aromatic rings. The molecule has 0 atom stereocenters. The third-order valence-corrected chi connectivity index (χ3v) is 4.98. The Hall–Kier alpha value is -2.93. The zero-order valence-electron chi connectivity index (χ0n) is 14.4. The summed E-state index contributed by atoms with van der Waals surface area (Å²) in [4.78, 5) is 26.6. The summed E-state index contributed by atoms with van der Waals surface area (Å²) in [6.07, 6.45) is 2.56. The maximum atomic E-state index is 12.5. The average Bonchev–Trinajstić information content (AvgIpc) is 3.33. The second-order valence-electron chi connectivity index (χ2n) is 6.23. The lowest BCUT2D eigenvalue weighted by Crippen LogP contribution is -2.39. The number of fused-ring (bicyclic) bond motifs is 1. The molecule has 0 unspecified atom stereocenters. The van der Waals surface area contributed by atoms with Crippen LogP contribution in [-0.4, -0.2) is 34.7 Å². The Labute approximate surface area is 164 Å². The highest BCUT2D eigenvalue weighted by atomic mass is 79.9. The zero-order chi connectivity index (χ0) is 18.8. The van der Waals surface area contributed by atoms with Crippen LogP contribution in [0.1, 0.15) is 16.1 Å². The molecule has 2 amide bonds. The summed E-state index contributed by atoms with van der Waals surface area (Å²) < 4.78 is 2.55. The maximum absolute atomic E-state index is 12.5. The number of benzene rings is 2. The van der Waals surface area contributed by atoms with Gasteiger partial charge in [0.2, 0.25) is 5.91 Å². The van der Waals surface area contributed by atoms with Crippen molar-refractivity contribution in [2.75, 3.05) is 18.0 Å². The number of nitrogens with zero attached hydrogens (tertiary/aromatic N) is 3. The average molecular weight is 425 g/mol. The third-order valence-electron chi connectivity index (χ3n) is 4.48. The Morgan fingerprint density at radius 3 is 2.81 bits per heavy atom. The van der Waals surface area contributed by atoms with Crippen LogP contribution in [0.2, 0.25) is 0 Å². The summed E-state index contributed by atoms with van der Waals surface area (Å²) in [5.74, 6) is -0.496. The van der Waals surface area contributed by atoms with E-state index < -0.39 is 0 Å². The minimum Gasteiger partial charge on any atom is -0.342 e. The van der Waals surface area contributed by atoms with Gasteiger partial charge in [-0.05, 0) is 42.3 Å². The first kappa shape index (κ1) is 17.5. The van der Waals surface area contributed by atoms with Crippen molar-refractivity contribution in [3.8, 4) is 5.69 Å². The smallest absolute Gasteiger partial charge is 0.272 e. The van der Waals surface area contributed by atoms with E-state index in [0.29, 0.717) is 6.54 Å². The second kappa shape index (κ2) is 7.36. The van der Waals surface area contributed by atoms with Gasteiger partial charge in [0, 0.05) is 22.9 Å². The fourth-order valence-electron chi connectivity index (χ4n) is 3.15. The number of carbonyl (C=O) groups excluding carboxylic acids is 2. The van der Waals surface area contributed by atoms with Crippen molar-refractivity contribution in [3.05, 3.63) is 76.5 Å². The lowest BCUT2D eigenvalue weighted by Gasteiger charge is -2.17. The van der Waals surface area contributed by atoms with E-state index in [0.717, 1.165) is 27.8 Å². The SMILES string of the molecule is O=C(NCC(=O)N1CCc2ccccc21)c1ccn(-c2cccc(Br)c2)n1. The zero-order valence-corrected chi connectivity index (χ0v) is 16.0. The molecule has 0 aliphatic carbocycles. The van der Waals surface area contributed by atoms with Gasteiger partial charge in [-0.2, -0.15) is 5.10 Å². The van der Waals surface area contributed by atoms with Gasteiger partial charge in [-0.3, -0.25) is 9.59 Å². The molecule has 4 rings (SSSR count). The minimum atomic E-state index is -0.371. The van der Waals surface area contributed by atoms with E-state index in [2.05, 4.69) is 26.3 Å². The van der Waals surface area contributed by atoms with E-state index in [1.807, 2.05) is 48.5 Å².